The van der Waals surface area contributed by atoms with Crippen molar-refractivity contribution in [2.24, 2.45) is 0 Å². The van der Waals surface area contributed by atoms with E-state index in [1.165, 1.54) is 11.3 Å². The van der Waals surface area contributed by atoms with Crippen LogP contribution in [0.5, 0.6) is 0 Å². The van der Waals surface area contributed by atoms with E-state index in [-0.39, 0.29) is 17.5 Å². The lowest BCUT2D eigenvalue weighted by Gasteiger charge is -2.36. The van der Waals surface area contributed by atoms with E-state index in [0.29, 0.717) is 36.9 Å². The van der Waals surface area contributed by atoms with Gasteiger partial charge in [-0.05, 0) is 32.9 Å². The number of rotatable bonds is 2. The first-order valence-corrected chi connectivity index (χ1v) is 8.53. The molecule has 0 aromatic carbocycles. The van der Waals surface area contributed by atoms with Gasteiger partial charge < -0.3 is 15.1 Å². The minimum Gasteiger partial charge on any atom is -0.339 e. The monoisotopic (exact) mass is 343 g/mol. The molecule has 0 unspecified atom stereocenters. The summed E-state index contributed by atoms with van der Waals surface area (Å²) >= 11 is 7.31. The zero-order chi connectivity index (χ0) is 16.3. The molecule has 0 bridgehead atoms. The predicted molar refractivity (Wildman–Crippen MR) is 89.5 cm³/mol. The molecule has 2 heterocycles. The number of thiophene rings is 1. The SMILES string of the molecule is CC(C)(C)NC(=O)N1CCN(C(=O)Cc2ccc(Cl)s2)CC1. The van der Waals surface area contributed by atoms with Gasteiger partial charge in [-0.25, -0.2) is 4.79 Å². The van der Waals surface area contributed by atoms with Crippen LogP contribution in [0.3, 0.4) is 0 Å². The number of nitrogens with zero attached hydrogens (tertiary/aromatic N) is 2. The normalized spacial score (nSPS) is 15.8. The van der Waals surface area contributed by atoms with E-state index in [2.05, 4.69) is 5.32 Å². The second kappa shape index (κ2) is 6.87. The summed E-state index contributed by atoms with van der Waals surface area (Å²) < 4.78 is 0.700. The standard InChI is InChI=1S/C15H22ClN3O2S/c1-15(2,3)17-14(21)19-8-6-18(7-9-19)13(20)10-11-4-5-12(16)22-11/h4-5H,6-10H2,1-3H3,(H,17,21). The fraction of sp³-hybridized carbons (Fsp3) is 0.600. The quantitative estimate of drug-likeness (QED) is 0.897. The Morgan fingerprint density at radius 3 is 2.27 bits per heavy atom. The third-order valence-electron chi connectivity index (χ3n) is 3.36. The van der Waals surface area contributed by atoms with Crippen molar-refractivity contribution in [1.29, 1.82) is 0 Å². The number of piperazine rings is 1. The van der Waals surface area contributed by atoms with E-state index >= 15 is 0 Å². The first-order chi connectivity index (χ1) is 10.2. The summed E-state index contributed by atoms with van der Waals surface area (Å²) in [6.45, 7) is 8.16. The van der Waals surface area contributed by atoms with E-state index in [9.17, 15) is 9.59 Å². The van der Waals surface area contributed by atoms with Crippen molar-refractivity contribution in [1.82, 2.24) is 15.1 Å². The Morgan fingerprint density at radius 2 is 1.77 bits per heavy atom. The van der Waals surface area contributed by atoms with Gasteiger partial charge >= 0.3 is 6.03 Å². The van der Waals surface area contributed by atoms with E-state index in [1.807, 2.05) is 37.8 Å². The van der Waals surface area contributed by atoms with Crippen molar-refractivity contribution < 1.29 is 9.59 Å². The number of carbonyl (C=O) groups excluding carboxylic acids is 2. The molecule has 0 aliphatic carbocycles. The highest BCUT2D eigenvalue weighted by molar-refractivity contribution is 7.16. The van der Waals surface area contributed by atoms with E-state index in [0.717, 1.165) is 4.88 Å². The number of nitrogens with one attached hydrogen (secondary N) is 1. The molecule has 1 aliphatic rings. The molecule has 1 fully saturated rings. The summed E-state index contributed by atoms with van der Waals surface area (Å²) in [7, 11) is 0. The van der Waals surface area contributed by atoms with Crippen molar-refractivity contribution in [2.75, 3.05) is 26.2 Å². The van der Waals surface area contributed by atoms with Crippen LogP contribution in [0.25, 0.3) is 0 Å². The third kappa shape index (κ3) is 4.88. The molecule has 0 radical (unpaired) electrons. The lowest BCUT2D eigenvalue weighted by molar-refractivity contribution is -0.131. The molecule has 122 valence electrons. The number of carbonyl (C=O) groups is 2. The van der Waals surface area contributed by atoms with Gasteiger partial charge in [0.1, 0.15) is 0 Å². The van der Waals surface area contributed by atoms with Crippen LogP contribution in [0.4, 0.5) is 4.79 Å². The topological polar surface area (TPSA) is 52.7 Å². The van der Waals surface area contributed by atoms with Crippen LogP contribution in [-0.2, 0) is 11.2 Å². The molecule has 2 rings (SSSR count). The van der Waals surface area contributed by atoms with Crippen molar-refractivity contribution >= 4 is 34.9 Å². The molecule has 1 N–H and O–H groups in total. The summed E-state index contributed by atoms with van der Waals surface area (Å²) in [5.74, 6) is 0.0920. The Labute approximate surface area is 140 Å². The summed E-state index contributed by atoms with van der Waals surface area (Å²) in [5, 5.41) is 2.95. The van der Waals surface area contributed by atoms with Crippen molar-refractivity contribution in [3.63, 3.8) is 0 Å². The molecule has 1 aromatic heterocycles. The van der Waals surface area contributed by atoms with Gasteiger partial charge in [-0.3, -0.25) is 4.79 Å². The summed E-state index contributed by atoms with van der Waals surface area (Å²) in [4.78, 5) is 28.9. The molecular weight excluding hydrogens is 322 g/mol. The fourth-order valence-corrected chi connectivity index (χ4v) is 3.34. The molecular formula is C15H22ClN3O2S. The van der Waals surface area contributed by atoms with Crippen LogP contribution in [0.1, 0.15) is 25.6 Å². The number of urea groups is 1. The van der Waals surface area contributed by atoms with Gasteiger partial charge in [-0.1, -0.05) is 11.6 Å². The van der Waals surface area contributed by atoms with Gasteiger partial charge in [-0.2, -0.15) is 0 Å². The van der Waals surface area contributed by atoms with Crippen LogP contribution < -0.4 is 5.32 Å². The molecule has 3 amide bonds. The first-order valence-electron chi connectivity index (χ1n) is 7.34. The second-order valence-electron chi connectivity index (χ2n) is 6.43. The minimum atomic E-state index is -0.248. The molecule has 1 saturated heterocycles. The lowest BCUT2D eigenvalue weighted by Crippen LogP contribution is -2.56. The first kappa shape index (κ1) is 17.1. The minimum absolute atomic E-state index is 0.0652. The van der Waals surface area contributed by atoms with Gasteiger partial charge in [0.2, 0.25) is 5.91 Å². The Balaban J connectivity index is 1.81. The predicted octanol–water partition coefficient (Wildman–Crippen LogP) is 2.60. The largest absolute Gasteiger partial charge is 0.339 e. The molecule has 0 atom stereocenters. The maximum absolute atomic E-state index is 12.3. The summed E-state index contributed by atoms with van der Waals surface area (Å²) in [5.41, 5.74) is -0.248. The van der Waals surface area contributed by atoms with Crippen molar-refractivity contribution in [3.05, 3.63) is 21.3 Å². The zero-order valence-corrected chi connectivity index (χ0v) is 14.8. The number of halogens is 1. The van der Waals surface area contributed by atoms with Gasteiger partial charge in [0, 0.05) is 36.6 Å². The highest BCUT2D eigenvalue weighted by Crippen LogP contribution is 2.22. The zero-order valence-electron chi connectivity index (χ0n) is 13.2. The van der Waals surface area contributed by atoms with Gasteiger partial charge in [0.15, 0.2) is 0 Å². The Hall–Kier alpha value is -1.27. The molecule has 1 aliphatic heterocycles. The van der Waals surface area contributed by atoms with Crippen molar-refractivity contribution in [2.45, 2.75) is 32.7 Å². The maximum Gasteiger partial charge on any atom is 0.317 e. The number of hydrogen-bond acceptors (Lipinski definition) is 3. The molecule has 7 heteroatoms. The van der Waals surface area contributed by atoms with Gasteiger partial charge in [0.05, 0.1) is 10.8 Å². The van der Waals surface area contributed by atoms with Crippen LogP contribution in [0.15, 0.2) is 12.1 Å². The average molecular weight is 344 g/mol. The Morgan fingerprint density at radius 1 is 1.18 bits per heavy atom. The summed E-state index contributed by atoms with van der Waals surface area (Å²) in [6, 6.07) is 3.63. The maximum atomic E-state index is 12.3. The third-order valence-corrected chi connectivity index (χ3v) is 4.59. The molecule has 1 aromatic rings. The lowest BCUT2D eigenvalue weighted by atomic mass is 10.1. The number of hydrogen-bond donors (Lipinski definition) is 1. The van der Waals surface area contributed by atoms with Crippen molar-refractivity contribution in [3.8, 4) is 0 Å². The average Bonchev–Trinajstić information content (AvgIpc) is 2.82. The molecule has 22 heavy (non-hydrogen) atoms. The Bertz CT molecular complexity index is 545. The molecule has 0 saturated carbocycles. The van der Waals surface area contributed by atoms with E-state index in [4.69, 9.17) is 11.6 Å². The smallest absolute Gasteiger partial charge is 0.317 e. The van der Waals surface area contributed by atoms with Crippen LogP contribution in [-0.4, -0.2) is 53.5 Å². The van der Waals surface area contributed by atoms with Gasteiger partial charge in [-0.15, -0.1) is 11.3 Å². The highest BCUT2D eigenvalue weighted by atomic mass is 35.5. The van der Waals surface area contributed by atoms with E-state index < -0.39 is 0 Å². The second-order valence-corrected chi connectivity index (χ2v) is 8.23. The fourth-order valence-electron chi connectivity index (χ4n) is 2.27. The summed E-state index contributed by atoms with van der Waals surface area (Å²) in [6.07, 6.45) is 0.381. The number of amides is 3. The van der Waals surface area contributed by atoms with E-state index in [1.54, 1.807) is 4.90 Å². The van der Waals surface area contributed by atoms with Crippen LogP contribution in [0, 0.1) is 0 Å². The molecule has 5 nitrogen and oxygen atoms in total. The van der Waals surface area contributed by atoms with Crippen LogP contribution >= 0.6 is 22.9 Å². The highest BCUT2D eigenvalue weighted by Gasteiger charge is 2.26. The molecule has 0 spiro atoms. The van der Waals surface area contributed by atoms with Crippen LogP contribution in [0.2, 0.25) is 4.34 Å². The Kier molecular flexibility index (Phi) is 5.34. The van der Waals surface area contributed by atoms with Gasteiger partial charge in [0.25, 0.3) is 0 Å².